The Morgan fingerprint density at radius 1 is 1.11 bits per heavy atom. The van der Waals surface area contributed by atoms with Crippen LogP contribution in [0.5, 0.6) is 5.75 Å². The molecular formula is C14H16N2O2. The Labute approximate surface area is 106 Å². The van der Waals surface area contributed by atoms with Crippen LogP contribution < -0.4 is 10.5 Å². The lowest BCUT2D eigenvalue weighted by Crippen LogP contribution is -2.12. The number of benzene rings is 2. The van der Waals surface area contributed by atoms with E-state index in [1.54, 1.807) is 7.11 Å². The molecule has 3 N–H and O–H groups in total. The molecule has 0 bridgehead atoms. The molecule has 0 radical (unpaired) electrons. The van der Waals surface area contributed by atoms with Gasteiger partial charge in [-0.05, 0) is 17.5 Å². The second kappa shape index (κ2) is 5.51. The molecule has 0 atom stereocenters. The molecule has 2 aromatic rings. The highest BCUT2D eigenvalue weighted by Gasteiger charge is 2.08. The average Bonchev–Trinajstić information content (AvgIpc) is 2.38. The minimum Gasteiger partial charge on any atom is -0.491 e. The lowest BCUT2D eigenvalue weighted by atomic mass is 10.0. The second-order valence-corrected chi connectivity index (χ2v) is 3.91. The smallest absolute Gasteiger partial charge is 0.127 e. The second-order valence-electron chi connectivity index (χ2n) is 3.91. The molecule has 0 aliphatic carbocycles. The van der Waals surface area contributed by atoms with Gasteiger partial charge in [-0.25, -0.2) is 0 Å². The van der Waals surface area contributed by atoms with Crippen molar-refractivity contribution in [2.24, 2.45) is 5.73 Å². The highest BCUT2D eigenvalue weighted by molar-refractivity contribution is 6.09. The summed E-state index contributed by atoms with van der Waals surface area (Å²) in [7, 11) is 1.64. The number of hydrogen-bond donors (Lipinski definition) is 2. The van der Waals surface area contributed by atoms with Crippen molar-refractivity contribution in [3.8, 4) is 5.75 Å². The van der Waals surface area contributed by atoms with E-state index in [2.05, 4.69) is 0 Å². The van der Waals surface area contributed by atoms with Gasteiger partial charge in [-0.15, -0.1) is 0 Å². The molecule has 4 nitrogen and oxygen atoms in total. The van der Waals surface area contributed by atoms with Gasteiger partial charge in [0.05, 0.1) is 6.61 Å². The first-order chi connectivity index (χ1) is 8.74. The van der Waals surface area contributed by atoms with Crippen LogP contribution in [0.2, 0.25) is 0 Å². The van der Waals surface area contributed by atoms with Gasteiger partial charge in [-0.3, -0.25) is 5.41 Å². The Bertz CT molecular complexity index is 567. The van der Waals surface area contributed by atoms with E-state index in [-0.39, 0.29) is 5.84 Å². The molecule has 0 amide bonds. The summed E-state index contributed by atoms with van der Waals surface area (Å²) in [6.07, 6.45) is 0. The van der Waals surface area contributed by atoms with E-state index in [4.69, 9.17) is 20.6 Å². The maximum Gasteiger partial charge on any atom is 0.127 e. The Hall–Kier alpha value is -2.07. The van der Waals surface area contributed by atoms with Crippen molar-refractivity contribution in [2.75, 3.05) is 20.3 Å². The van der Waals surface area contributed by atoms with E-state index in [1.165, 1.54) is 0 Å². The van der Waals surface area contributed by atoms with Crippen molar-refractivity contribution in [3.63, 3.8) is 0 Å². The summed E-state index contributed by atoms with van der Waals surface area (Å²) < 4.78 is 10.6. The molecule has 0 unspecified atom stereocenters. The van der Waals surface area contributed by atoms with Crippen molar-refractivity contribution in [3.05, 3.63) is 42.0 Å². The molecule has 0 saturated heterocycles. The number of nitrogens with one attached hydrogen (secondary N) is 1. The summed E-state index contributed by atoms with van der Waals surface area (Å²) in [5.74, 6) is 0.849. The average molecular weight is 244 g/mol. The standard InChI is InChI=1S/C14H16N2O2/c1-17-8-9-18-13-7-6-12(14(15)16)10-4-2-3-5-11(10)13/h2-7H,8-9H2,1H3,(H3,15,16). The number of nitrogens with two attached hydrogens (primary N) is 1. The Morgan fingerprint density at radius 3 is 2.50 bits per heavy atom. The molecule has 2 rings (SSSR count). The summed E-state index contributed by atoms with van der Waals surface area (Å²) in [5, 5.41) is 9.46. The number of rotatable bonds is 5. The minimum absolute atomic E-state index is 0.0645. The van der Waals surface area contributed by atoms with Gasteiger partial charge in [0.1, 0.15) is 18.2 Å². The molecule has 0 aliphatic heterocycles. The summed E-state index contributed by atoms with van der Waals surface area (Å²) in [5.41, 5.74) is 6.30. The highest BCUT2D eigenvalue weighted by Crippen LogP contribution is 2.28. The summed E-state index contributed by atoms with van der Waals surface area (Å²) >= 11 is 0. The van der Waals surface area contributed by atoms with Gasteiger partial charge in [0.15, 0.2) is 0 Å². The fourth-order valence-corrected chi connectivity index (χ4v) is 1.87. The molecule has 2 aromatic carbocycles. The number of fused-ring (bicyclic) bond motifs is 1. The summed E-state index contributed by atoms with van der Waals surface area (Å²) in [4.78, 5) is 0. The van der Waals surface area contributed by atoms with E-state index < -0.39 is 0 Å². The van der Waals surface area contributed by atoms with Crippen LogP contribution in [0.1, 0.15) is 5.56 Å². The van der Waals surface area contributed by atoms with Gasteiger partial charge in [0.25, 0.3) is 0 Å². The third-order valence-corrected chi connectivity index (χ3v) is 2.72. The zero-order valence-corrected chi connectivity index (χ0v) is 10.3. The zero-order chi connectivity index (χ0) is 13.0. The van der Waals surface area contributed by atoms with Crippen molar-refractivity contribution in [1.82, 2.24) is 0 Å². The Morgan fingerprint density at radius 2 is 1.83 bits per heavy atom. The first-order valence-corrected chi connectivity index (χ1v) is 5.72. The van der Waals surface area contributed by atoms with E-state index in [0.29, 0.717) is 13.2 Å². The lowest BCUT2D eigenvalue weighted by molar-refractivity contribution is 0.147. The number of methoxy groups -OCH3 is 1. The monoisotopic (exact) mass is 244 g/mol. The van der Waals surface area contributed by atoms with Crippen LogP contribution >= 0.6 is 0 Å². The van der Waals surface area contributed by atoms with Crippen LogP contribution in [0.3, 0.4) is 0 Å². The maximum atomic E-state index is 7.57. The van der Waals surface area contributed by atoms with Crippen molar-refractivity contribution in [2.45, 2.75) is 0 Å². The molecule has 0 saturated carbocycles. The minimum atomic E-state index is 0.0645. The number of nitrogen functional groups attached to an aromatic ring is 1. The SMILES string of the molecule is COCCOc1ccc(C(=N)N)c2ccccc12. The number of ether oxygens (including phenoxy) is 2. The van der Waals surface area contributed by atoms with Crippen molar-refractivity contribution >= 4 is 16.6 Å². The molecule has 0 fully saturated rings. The zero-order valence-electron chi connectivity index (χ0n) is 10.3. The van der Waals surface area contributed by atoms with Gasteiger partial charge >= 0.3 is 0 Å². The van der Waals surface area contributed by atoms with Crippen LogP contribution in [0.15, 0.2) is 36.4 Å². The molecule has 0 spiro atoms. The van der Waals surface area contributed by atoms with E-state index in [9.17, 15) is 0 Å². The largest absolute Gasteiger partial charge is 0.491 e. The van der Waals surface area contributed by atoms with Crippen molar-refractivity contribution < 1.29 is 9.47 Å². The van der Waals surface area contributed by atoms with Crippen LogP contribution in [0, 0.1) is 5.41 Å². The molecule has 0 heterocycles. The van der Waals surface area contributed by atoms with Crippen LogP contribution in [0.25, 0.3) is 10.8 Å². The normalized spacial score (nSPS) is 10.5. The summed E-state index contributed by atoms with van der Waals surface area (Å²) in [6, 6.07) is 11.4. The van der Waals surface area contributed by atoms with Gasteiger partial charge in [0.2, 0.25) is 0 Å². The maximum absolute atomic E-state index is 7.57. The fourth-order valence-electron chi connectivity index (χ4n) is 1.87. The molecule has 4 heteroatoms. The molecular weight excluding hydrogens is 228 g/mol. The van der Waals surface area contributed by atoms with Gasteiger partial charge in [-0.2, -0.15) is 0 Å². The van der Waals surface area contributed by atoms with Crippen LogP contribution in [0.4, 0.5) is 0 Å². The molecule has 18 heavy (non-hydrogen) atoms. The molecule has 0 aromatic heterocycles. The topological polar surface area (TPSA) is 68.3 Å². The first-order valence-electron chi connectivity index (χ1n) is 5.72. The van der Waals surface area contributed by atoms with E-state index >= 15 is 0 Å². The van der Waals surface area contributed by atoms with Crippen LogP contribution in [-0.2, 0) is 4.74 Å². The fraction of sp³-hybridized carbons (Fsp3) is 0.214. The molecule has 0 aliphatic rings. The predicted molar refractivity (Wildman–Crippen MR) is 72.3 cm³/mol. The van der Waals surface area contributed by atoms with Crippen molar-refractivity contribution in [1.29, 1.82) is 5.41 Å². The van der Waals surface area contributed by atoms with E-state index in [0.717, 1.165) is 22.1 Å². The van der Waals surface area contributed by atoms with E-state index in [1.807, 2.05) is 36.4 Å². The van der Waals surface area contributed by atoms with Gasteiger partial charge < -0.3 is 15.2 Å². The summed E-state index contributed by atoms with van der Waals surface area (Å²) in [6.45, 7) is 1.04. The first kappa shape index (κ1) is 12.4. The third kappa shape index (κ3) is 2.43. The number of amidine groups is 1. The Balaban J connectivity index is 2.44. The number of hydrogen-bond acceptors (Lipinski definition) is 3. The predicted octanol–water partition coefficient (Wildman–Crippen LogP) is 2.15. The Kier molecular flexibility index (Phi) is 3.79. The highest BCUT2D eigenvalue weighted by atomic mass is 16.5. The van der Waals surface area contributed by atoms with Gasteiger partial charge in [-0.1, -0.05) is 24.3 Å². The quantitative estimate of drug-likeness (QED) is 0.481. The van der Waals surface area contributed by atoms with Gasteiger partial charge in [0, 0.05) is 18.1 Å². The van der Waals surface area contributed by atoms with Crippen LogP contribution in [-0.4, -0.2) is 26.2 Å². The third-order valence-electron chi connectivity index (χ3n) is 2.72. The lowest BCUT2D eigenvalue weighted by Gasteiger charge is -2.11. The molecule has 94 valence electrons.